The molecule has 6 heteroatoms. The predicted octanol–water partition coefficient (Wildman–Crippen LogP) is 1.65. The average Bonchev–Trinajstić information content (AvgIpc) is 3.01. The van der Waals surface area contributed by atoms with Crippen molar-refractivity contribution in [1.82, 2.24) is 14.7 Å². The van der Waals surface area contributed by atoms with E-state index in [1.165, 1.54) is 0 Å². The number of carbonyl (C=O) groups is 2. The minimum Gasteiger partial charge on any atom is -0.481 e. The van der Waals surface area contributed by atoms with Crippen LogP contribution < -0.4 is 0 Å². The SMILES string of the molecule is CC(C)n1ccc(C(=O)N2C[C@H](C(=O)O)[C@@H](C3CC3)C2)n1. The maximum atomic E-state index is 12.5. The van der Waals surface area contributed by atoms with Gasteiger partial charge in [0.25, 0.3) is 5.91 Å². The minimum atomic E-state index is -0.782. The lowest BCUT2D eigenvalue weighted by Crippen LogP contribution is -2.30. The van der Waals surface area contributed by atoms with Gasteiger partial charge >= 0.3 is 5.97 Å². The van der Waals surface area contributed by atoms with Crippen LogP contribution >= 0.6 is 0 Å². The lowest BCUT2D eigenvalue weighted by molar-refractivity contribution is -0.142. The molecule has 0 bridgehead atoms. The normalized spacial score (nSPS) is 25.6. The van der Waals surface area contributed by atoms with Gasteiger partial charge in [-0.05, 0) is 44.6 Å². The summed E-state index contributed by atoms with van der Waals surface area (Å²) >= 11 is 0. The zero-order valence-electron chi connectivity index (χ0n) is 12.4. The topological polar surface area (TPSA) is 75.4 Å². The Bertz CT molecular complexity index is 562. The maximum absolute atomic E-state index is 12.5. The molecule has 2 fully saturated rings. The van der Waals surface area contributed by atoms with Crippen molar-refractivity contribution >= 4 is 11.9 Å². The highest BCUT2D eigenvalue weighted by atomic mass is 16.4. The number of nitrogens with zero attached hydrogens (tertiary/aromatic N) is 3. The molecule has 0 aromatic carbocycles. The van der Waals surface area contributed by atoms with Crippen LogP contribution in [0.15, 0.2) is 12.3 Å². The van der Waals surface area contributed by atoms with Crippen LogP contribution in [0.25, 0.3) is 0 Å². The number of rotatable bonds is 4. The number of aliphatic carboxylic acids is 1. The van der Waals surface area contributed by atoms with Gasteiger partial charge in [0.1, 0.15) is 5.69 Å². The molecule has 1 saturated carbocycles. The lowest BCUT2D eigenvalue weighted by atomic mass is 9.92. The summed E-state index contributed by atoms with van der Waals surface area (Å²) in [5.74, 6) is -0.761. The van der Waals surface area contributed by atoms with Gasteiger partial charge in [0, 0.05) is 25.3 Å². The highest BCUT2D eigenvalue weighted by molar-refractivity contribution is 5.93. The quantitative estimate of drug-likeness (QED) is 0.915. The Morgan fingerprint density at radius 2 is 2.05 bits per heavy atom. The molecule has 1 aliphatic carbocycles. The number of likely N-dealkylation sites (tertiary alicyclic amines) is 1. The van der Waals surface area contributed by atoms with Gasteiger partial charge in [-0.2, -0.15) is 5.10 Å². The molecule has 1 aromatic heterocycles. The number of amides is 1. The molecule has 114 valence electrons. The van der Waals surface area contributed by atoms with Crippen LogP contribution in [0, 0.1) is 17.8 Å². The summed E-state index contributed by atoms with van der Waals surface area (Å²) in [6.07, 6.45) is 3.98. The molecule has 1 aromatic rings. The van der Waals surface area contributed by atoms with E-state index in [0.29, 0.717) is 24.7 Å². The number of carboxylic acid groups (broad SMARTS) is 1. The number of carbonyl (C=O) groups excluding carboxylic acids is 1. The molecular weight excluding hydrogens is 270 g/mol. The van der Waals surface area contributed by atoms with Gasteiger partial charge in [-0.1, -0.05) is 0 Å². The van der Waals surface area contributed by atoms with Gasteiger partial charge in [0.2, 0.25) is 0 Å². The summed E-state index contributed by atoms with van der Waals surface area (Å²) in [5.41, 5.74) is 0.407. The summed E-state index contributed by atoms with van der Waals surface area (Å²) in [4.78, 5) is 25.5. The first-order chi connectivity index (χ1) is 9.97. The van der Waals surface area contributed by atoms with E-state index in [9.17, 15) is 14.7 Å². The van der Waals surface area contributed by atoms with E-state index in [2.05, 4.69) is 5.10 Å². The monoisotopic (exact) mass is 291 g/mol. The van der Waals surface area contributed by atoms with Gasteiger partial charge in [0.05, 0.1) is 5.92 Å². The number of hydrogen-bond donors (Lipinski definition) is 1. The molecule has 0 radical (unpaired) electrons. The zero-order chi connectivity index (χ0) is 15.1. The molecular formula is C15H21N3O3. The Morgan fingerprint density at radius 3 is 2.57 bits per heavy atom. The smallest absolute Gasteiger partial charge is 0.308 e. The van der Waals surface area contributed by atoms with Crippen molar-refractivity contribution in [2.24, 2.45) is 17.8 Å². The Balaban J connectivity index is 1.74. The number of hydrogen-bond acceptors (Lipinski definition) is 3. The molecule has 0 unspecified atom stereocenters. The van der Waals surface area contributed by atoms with E-state index >= 15 is 0 Å². The molecule has 3 rings (SSSR count). The molecule has 1 aliphatic heterocycles. The molecule has 2 atom stereocenters. The highest BCUT2D eigenvalue weighted by Gasteiger charge is 2.47. The Kier molecular flexibility index (Phi) is 3.47. The van der Waals surface area contributed by atoms with E-state index < -0.39 is 11.9 Å². The van der Waals surface area contributed by atoms with Crippen LogP contribution in [0.2, 0.25) is 0 Å². The van der Waals surface area contributed by atoms with Crippen molar-refractivity contribution in [2.75, 3.05) is 13.1 Å². The third-order valence-corrected chi connectivity index (χ3v) is 4.55. The fourth-order valence-electron chi connectivity index (χ4n) is 3.16. The zero-order valence-corrected chi connectivity index (χ0v) is 12.4. The minimum absolute atomic E-state index is 0.110. The lowest BCUT2D eigenvalue weighted by Gasteiger charge is -2.14. The van der Waals surface area contributed by atoms with E-state index in [0.717, 1.165) is 12.8 Å². The van der Waals surface area contributed by atoms with Gasteiger partial charge < -0.3 is 10.0 Å². The summed E-state index contributed by atoms with van der Waals surface area (Å²) in [7, 11) is 0. The van der Waals surface area contributed by atoms with Crippen molar-refractivity contribution in [1.29, 1.82) is 0 Å². The fourth-order valence-corrected chi connectivity index (χ4v) is 3.16. The van der Waals surface area contributed by atoms with Crippen LogP contribution in [0.3, 0.4) is 0 Å². The molecule has 1 amide bonds. The van der Waals surface area contributed by atoms with E-state index in [4.69, 9.17) is 0 Å². The molecule has 21 heavy (non-hydrogen) atoms. The molecule has 1 saturated heterocycles. The Hall–Kier alpha value is -1.85. The van der Waals surface area contributed by atoms with Gasteiger partial charge in [-0.15, -0.1) is 0 Å². The van der Waals surface area contributed by atoms with E-state index in [1.54, 1.807) is 21.8 Å². The standard InChI is InChI=1S/C15H21N3O3/c1-9(2)18-6-5-13(16-18)14(19)17-7-11(10-3-4-10)12(8-17)15(20)21/h5-6,9-12H,3-4,7-8H2,1-2H3,(H,20,21)/t11-,12+/m1/s1. The summed E-state index contributed by atoms with van der Waals surface area (Å²) in [5, 5.41) is 13.6. The van der Waals surface area contributed by atoms with Gasteiger partial charge in [0.15, 0.2) is 0 Å². The number of aromatic nitrogens is 2. The molecule has 1 N–H and O–H groups in total. The van der Waals surface area contributed by atoms with E-state index in [-0.39, 0.29) is 17.9 Å². The first kappa shape index (κ1) is 14.1. The predicted molar refractivity (Wildman–Crippen MR) is 75.9 cm³/mol. The van der Waals surface area contributed by atoms with Crippen molar-refractivity contribution in [3.05, 3.63) is 18.0 Å². The first-order valence-electron chi connectivity index (χ1n) is 7.54. The molecule has 6 nitrogen and oxygen atoms in total. The van der Waals surface area contributed by atoms with Crippen LogP contribution in [0.4, 0.5) is 0 Å². The Labute approximate surface area is 123 Å². The molecule has 2 heterocycles. The van der Waals surface area contributed by atoms with Crippen molar-refractivity contribution in [2.45, 2.75) is 32.7 Å². The third-order valence-electron chi connectivity index (χ3n) is 4.55. The Morgan fingerprint density at radius 1 is 1.33 bits per heavy atom. The number of carboxylic acids is 1. The van der Waals surface area contributed by atoms with Crippen LogP contribution in [0.5, 0.6) is 0 Å². The summed E-state index contributed by atoms with van der Waals surface area (Å²) < 4.78 is 1.75. The van der Waals surface area contributed by atoms with Crippen molar-refractivity contribution < 1.29 is 14.7 Å². The van der Waals surface area contributed by atoms with Crippen LogP contribution in [-0.2, 0) is 4.79 Å². The second-order valence-corrected chi connectivity index (χ2v) is 6.43. The summed E-state index contributed by atoms with van der Waals surface area (Å²) in [6.45, 7) is 4.86. The van der Waals surface area contributed by atoms with Crippen LogP contribution in [0.1, 0.15) is 43.2 Å². The summed E-state index contributed by atoms with van der Waals surface area (Å²) in [6, 6.07) is 1.92. The van der Waals surface area contributed by atoms with Gasteiger partial charge in [-0.25, -0.2) is 0 Å². The maximum Gasteiger partial charge on any atom is 0.308 e. The largest absolute Gasteiger partial charge is 0.481 e. The second kappa shape index (κ2) is 5.16. The third kappa shape index (κ3) is 2.66. The van der Waals surface area contributed by atoms with Crippen molar-refractivity contribution in [3.63, 3.8) is 0 Å². The first-order valence-corrected chi connectivity index (χ1v) is 7.54. The average molecular weight is 291 g/mol. The van der Waals surface area contributed by atoms with Gasteiger partial charge in [-0.3, -0.25) is 14.3 Å². The molecule has 0 spiro atoms. The highest BCUT2D eigenvalue weighted by Crippen LogP contribution is 2.44. The van der Waals surface area contributed by atoms with E-state index in [1.807, 2.05) is 13.8 Å². The fraction of sp³-hybridized carbons (Fsp3) is 0.667. The van der Waals surface area contributed by atoms with Crippen molar-refractivity contribution in [3.8, 4) is 0 Å². The molecule has 2 aliphatic rings. The second-order valence-electron chi connectivity index (χ2n) is 6.43. The van der Waals surface area contributed by atoms with Crippen LogP contribution in [-0.4, -0.2) is 44.8 Å².